The van der Waals surface area contributed by atoms with Gasteiger partial charge in [0.05, 0.1) is 23.5 Å². The second kappa shape index (κ2) is 10.8. The predicted molar refractivity (Wildman–Crippen MR) is 119 cm³/mol. The monoisotopic (exact) mass is 508 g/mol. The van der Waals surface area contributed by atoms with Gasteiger partial charge in [0.15, 0.2) is 15.8 Å². The molecule has 0 aromatic carbocycles. The van der Waals surface area contributed by atoms with E-state index in [0.29, 0.717) is 24.6 Å². The largest absolute Gasteiger partial charge is 0.356 e. The third kappa shape index (κ3) is 7.08. The average Bonchev–Trinajstić information content (AvgIpc) is 3.23. The second-order valence-corrected chi connectivity index (χ2v) is 10.5. The van der Waals surface area contributed by atoms with E-state index < -0.39 is 9.84 Å². The maximum Gasteiger partial charge on any atom is 0.191 e. The lowest BCUT2D eigenvalue weighted by molar-refractivity contribution is 0.354. The molecule has 2 saturated carbocycles. The molecule has 0 spiro atoms. The lowest BCUT2D eigenvalue weighted by Gasteiger charge is -2.25. The quantitative estimate of drug-likeness (QED) is 0.339. The molecule has 0 amide bonds. The average molecular weight is 508 g/mol. The molecule has 6 nitrogen and oxygen atoms in total. The van der Waals surface area contributed by atoms with E-state index in [-0.39, 0.29) is 47.6 Å². The number of sulfone groups is 1. The van der Waals surface area contributed by atoms with Crippen molar-refractivity contribution < 1.29 is 8.42 Å². The Morgan fingerprint density at radius 1 is 1.04 bits per heavy atom. The molecule has 154 valence electrons. The number of halogens is 1. The van der Waals surface area contributed by atoms with Crippen molar-refractivity contribution in [3.8, 4) is 6.07 Å². The predicted octanol–water partition coefficient (Wildman–Crippen LogP) is 2.85. The first-order valence-corrected chi connectivity index (χ1v) is 12.0. The van der Waals surface area contributed by atoms with Gasteiger partial charge >= 0.3 is 0 Å². The van der Waals surface area contributed by atoms with Crippen LogP contribution in [0.15, 0.2) is 4.99 Å². The Morgan fingerprint density at radius 2 is 1.81 bits per heavy atom. The summed E-state index contributed by atoms with van der Waals surface area (Å²) in [5.41, 5.74) is 0. The highest BCUT2D eigenvalue weighted by molar-refractivity contribution is 14.0. The van der Waals surface area contributed by atoms with Gasteiger partial charge in [0.2, 0.25) is 0 Å². The summed E-state index contributed by atoms with van der Waals surface area (Å²) in [6.45, 7) is 1.46. The van der Waals surface area contributed by atoms with Crippen molar-refractivity contribution in [3.63, 3.8) is 0 Å². The molecule has 2 aliphatic carbocycles. The number of aliphatic imine (C=N–C) groups is 1. The number of nitriles is 1. The van der Waals surface area contributed by atoms with E-state index in [2.05, 4.69) is 16.7 Å². The minimum absolute atomic E-state index is 0. The van der Waals surface area contributed by atoms with E-state index in [4.69, 9.17) is 4.99 Å². The third-order valence-corrected chi connectivity index (χ3v) is 7.96. The normalized spacial score (nSPS) is 31.1. The van der Waals surface area contributed by atoms with Crippen molar-refractivity contribution in [2.75, 3.05) is 24.6 Å². The molecule has 1 heterocycles. The second-order valence-electron chi connectivity index (χ2n) is 8.26. The van der Waals surface area contributed by atoms with Crippen molar-refractivity contribution in [1.29, 1.82) is 5.26 Å². The number of guanidine groups is 1. The molecule has 3 atom stereocenters. The Balaban J connectivity index is 0.00000261. The van der Waals surface area contributed by atoms with E-state index in [0.717, 1.165) is 31.8 Å². The molecule has 3 fully saturated rings. The zero-order chi connectivity index (χ0) is 18.4. The van der Waals surface area contributed by atoms with Crippen LogP contribution in [0.4, 0.5) is 0 Å². The molecule has 3 rings (SSSR count). The maximum atomic E-state index is 11.7. The Kier molecular flexibility index (Phi) is 9.12. The highest BCUT2D eigenvalue weighted by Gasteiger charge is 2.29. The zero-order valence-electron chi connectivity index (χ0n) is 16.0. The molecule has 1 saturated heterocycles. The first-order valence-electron chi connectivity index (χ1n) is 10.2. The van der Waals surface area contributed by atoms with Gasteiger partial charge in [-0.3, -0.25) is 4.99 Å². The van der Waals surface area contributed by atoms with Gasteiger partial charge in [-0.05, 0) is 50.4 Å². The molecule has 0 bridgehead atoms. The minimum atomic E-state index is -2.86. The van der Waals surface area contributed by atoms with Gasteiger partial charge in [0.25, 0.3) is 0 Å². The first kappa shape index (κ1) is 22.7. The molecular formula is C19H33IN4O2S. The summed E-state index contributed by atoms with van der Waals surface area (Å²) >= 11 is 0. The highest BCUT2D eigenvalue weighted by Crippen LogP contribution is 2.25. The van der Waals surface area contributed by atoms with E-state index in [9.17, 15) is 13.7 Å². The Hall–Kier alpha value is -0.560. The smallest absolute Gasteiger partial charge is 0.191 e. The fraction of sp³-hybridized carbons (Fsp3) is 0.895. The van der Waals surface area contributed by atoms with Gasteiger partial charge in [-0.2, -0.15) is 5.26 Å². The summed E-state index contributed by atoms with van der Waals surface area (Å²) in [5.74, 6) is 2.19. The number of nitrogens with zero attached hydrogens (tertiary/aromatic N) is 2. The van der Waals surface area contributed by atoms with E-state index in [1.54, 1.807) is 0 Å². The molecule has 1 aliphatic heterocycles. The zero-order valence-corrected chi connectivity index (χ0v) is 19.2. The Labute approximate surface area is 180 Å². The van der Waals surface area contributed by atoms with Gasteiger partial charge in [-0.1, -0.05) is 19.3 Å². The minimum Gasteiger partial charge on any atom is -0.356 e. The van der Waals surface area contributed by atoms with E-state index >= 15 is 0 Å². The molecule has 0 aromatic heterocycles. The van der Waals surface area contributed by atoms with Crippen LogP contribution in [-0.4, -0.2) is 45.0 Å². The summed E-state index contributed by atoms with van der Waals surface area (Å²) in [6, 6.07) is 2.57. The van der Waals surface area contributed by atoms with Crippen LogP contribution >= 0.6 is 24.0 Å². The van der Waals surface area contributed by atoms with Gasteiger partial charge in [-0.25, -0.2) is 8.42 Å². The van der Waals surface area contributed by atoms with Crippen molar-refractivity contribution in [2.24, 2.45) is 22.7 Å². The van der Waals surface area contributed by atoms with Crippen molar-refractivity contribution in [1.82, 2.24) is 10.6 Å². The molecular weight excluding hydrogens is 475 g/mol. The fourth-order valence-electron chi connectivity index (χ4n) is 4.48. The number of hydrogen-bond acceptors (Lipinski definition) is 4. The Morgan fingerprint density at radius 3 is 2.48 bits per heavy atom. The van der Waals surface area contributed by atoms with Gasteiger partial charge < -0.3 is 10.6 Å². The Bertz CT molecular complexity index is 641. The number of nitrogens with one attached hydrogen (secondary N) is 2. The van der Waals surface area contributed by atoms with Gasteiger partial charge in [0.1, 0.15) is 0 Å². The van der Waals surface area contributed by atoms with Crippen LogP contribution in [0, 0.1) is 29.1 Å². The standard InChI is InChI=1S/C19H32N4O2S.HI/c20-11-17-7-4-8-18(17)23-19(21-12-15-5-2-1-3-6-15)22-13-16-9-10-26(24,25)14-16;/h15-18H,1-10,12-14H2,(H2,21,22,23);1H. The van der Waals surface area contributed by atoms with E-state index in [1.165, 1.54) is 32.1 Å². The summed E-state index contributed by atoms with van der Waals surface area (Å²) in [4.78, 5) is 4.71. The number of hydrogen-bond donors (Lipinski definition) is 2. The topological polar surface area (TPSA) is 94.3 Å². The highest BCUT2D eigenvalue weighted by atomic mass is 127. The summed E-state index contributed by atoms with van der Waals surface area (Å²) in [5, 5.41) is 16.3. The molecule has 0 radical (unpaired) electrons. The molecule has 3 aliphatic rings. The van der Waals surface area contributed by atoms with Gasteiger partial charge in [-0.15, -0.1) is 24.0 Å². The van der Waals surface area contributed by atoms with E-state index in [1.807, 2.05) is 0 Å². The van der Waals surface area contributed by atoms with Gasteiger partial charge in [0, 0.05) is 19.1 Å². The van der Waals surface area contributed by atoms with Crippen molar-refractivity contribution in [3.05, 3.63) is 0 Å². The van der Waals surface area contributed by atoms with Crippen LogP contribution in [0.1, 0.15) is 57.8 Å². The van der Waals surface area contributed by atoms with Crippen molar-refractivity contribution in [2.45, 2.75) is 63.8 Å². The summed E-state index contributed by atoms with van der Waals surface area (Å²) in [6.07, 6.45) is 10.2. The summed E-state index contributed by atoms with van der Waals surface area (Å²) < 4.78 is 23.3. The van der Waals surface area contributed by atoms with Crippen LogP contribution in [0.2, 0.25) is 0 Å². The molecule has 8 heteroatoms. The number of rotatable bonds is 5. The lowest BCUT2D eigenvalue weighted by atomic mass is 9.89. The van der Waals surface area contributed by atoms with Crippen LogP contribution in [0.25, 0.3) is 0 Å². The lowest BCUT2D eigenvalue weighted by Crippen LogP contribution is -2.46. The molecule has 2 N–H and O–H groups in total. The third-order valence-electron chi connectivity index (χ3n) is 6.12. The molecule has 27 heavy (non-hydrogen) atoms. The first-order chi connectivity index (χ1) is 12.6. The van der Waals surface area contributed by atoms with Crippen LogP contribution in [-0.2, 0) is 9.84 Å². The van der Waals surface area contributed by atoms with Crippen LogP contribution < -0.4 is 10.6 Å². The summed E-state index contributed by atoms with van der Waals surface area (Å²) in [7, 11) is -2.86. The van der Waals surface area contributed by atoms with Crippen LogP contribution in [0.5, 0.6) is 0 Å². The SMILES string of the molecule is I.N#CC1CCCC1NC(=NCC1CCS(=O)(=O)C1)NCC1CCCCC1. The van der Waals surface area contributed by atoms with Crippen LogP contribution in [0.3, 0.4) is 0 Å². The maximum absolute atomic E-state index is 11.7. The molecule has 3 unspecified atom stereocenters. The molecule has 0 aromatic rings. The van der Waals surface area contributed by atoms with Crippen molar-refractivity contribution >= 4 is 39.8 Å². The fourth-order valence-corrected chi connectivity index (χ4v) is 6.33.